The van der Waals surface area contributed by atoms with Gasteiger partial charge in [0.05, 0.1) is 23.3 Å². The largest absolute Gasteiger partial charge is 0.491 e. The number of hydrogen-bond donors (Lipinski definition) is 1. The topological polar surface area (TPSA) is 85.3 Å². The van der Waals surface area contributed by atoms with Gasteiger partial charge >= 0.3 is 19.2 Å². The summed E-state index contributed by atoms with van der Waals surface area (Å²) < 4.78 is 17.3. The van der Waals surface area contributed by atoms with Crippen molar-refractivity contribution in [2.24, 2.45) is 0 Å². The quantitative estimate of drug-likeness (QED) is 0.768. The van der Waals surface area contributed by atoms with E-state index in [2.05, 4.69) is 0 Å². The molecule has 1 saturated heterocycles. The minimum Gasteiger partial charge on any atom is -0.478 e. The molecular formula is C17H28BNO6. The molecule has 0 unspecified atom stereocenters. The first-order chi connectivity index (χ1) is 11.2. The first-order valence-electron chi connectivity index (χ1n) is 8.52. The maximum Gasteiger partial charge on any atom is 0.491 e. The maximum atomic E-state index is 12.2. The van der Waals surface area contributed by atoms with E-state index in [1.807, 2.05) is 27.7 Å². The summed E-state index contributed by atoms with van der Waals surface area (Å²) >= 11 is 0. The van der Waals surface area contributed by atoms with Crippen LogP contribution < -0.4 is 0 Å². The van der Waals surface area contributed by atoms with Gasteiger partial charge in [0, 0.05) is 6.54 Å². The lowest BCUT2D eigenvalue weighted by molar-refractivity contribution is -0.133. The number of carboxylic acid groups (broad SMARTS) is 1. The second-order valence-electron chi connectivity index (χ2n) is 8.55. The molecule has 0 aromatic heterocycles. The molecule has 0 spiro atoms. The first kappa shape index (κ1) is 19.8. The Hall–Kier alpha value is -1.54. The minimum atomic E-state index is -1.07. The number of hydrogen-bond acceptors (Lipinski definition) is 5. The van der Waals surface area contributed by atoms with Gasteiger partial charge in [0.25, 0.3) is 0 Å². The average Bonchev–Trinajstić information content (AvgIpc) is 2.64. The molecule has 8 heteroatoms. The summed E-state index contributed by atoms with van der Waals surface area (Å²) in [6.07, 6.45) is -0.142. The third-order valence-corrected chi connectivity index (χ3v) is 4.84. The lowest BCUT2D eigenvalue weighted by Crippen LogP contribution is -2.44. The fourth-order valence-electron chi connectivity index (χ4n) is 2.71. The van der Waals surface area contributed by atoms with Gasteiger partial charge in [0.15, 0.2) is 0 Å². The molecule has 0 bridgehead atoms. The average molecular weight is 353 g/mol. The molecule has 25 heavy (non-hydrogen) atoms. The van der Waals surface area contributed by atoms with Crippen LogP contribution in [0.2, 0.25) is 0 Å². The predicted octanol–water partition coefficient (Wildman–Crippen LogP) is 2.64. The molecule has 0 radical (unpaired) electrons. The van der Waals surface area contributed by atoms with Gasteiger partial charge in [-0.15, -0.1) is 0 Å². The Balaban J connectivity index is 2.23. The second-order valence-corrected chi connectivity index (χ2v) is 8.55. The van der Waals surface area contributed by atoms with Crippen LogP contribution in [0.3, 0.4) is 0 Å². The summed E-state index contributed by atoms with van der Waals surface area (Å²) in [6, 6.07) is 0. The summed E-state index contributed by atoms with van der Waals surface area (Å²) in [7, 11) is -0.711. The van der Waals surface area contributed by atoms with E-state index in [0.29, 0.717) is 18.4 Å². The van der Waals surface area contributed by atoms with Crippen LogP contribution in [0.15, 0.2) is 11.0 Å². The highest BCUT2D eigenvalue weighted by molar-refractivity contribution is 6.55. The second kappa shape index (κ2) is 6.32. The molecule has 2 rings (SSSR count). The van der Waals surface area contributed by atoms with Gasteiger partial charge in [0.1, 0.15) is 5.60 Å². The normalized spacial score (nSPS) is 23.0. The van der Waals surface area contributed by atoms with Crippen molar-refractivity contribution in [1.29, 1.82) is 0 Å². The summed E-state index contributed by atoms with van der Waals surface area (Å²) in [6.45, 7) is 13.4. The maximum absolute atomic E-state index is 12.2. The van der Waals surface area contributed by atoms with E-state index < -0.39 is 36.0 Å². The third-order valence-electron chi connectivity index (χ3n) is 4.84. The highest BCUT2D eigenvalue weighted by Crippen LogP contribution is 2.40. The number of ether oxygens (including phenoxy) is 1. The van der Waals surface area contributed by atoms with E-state index in [1.54, 1.807) is 20.8 Å². The Bertz CT molecular complexity index is 589. The SMILES string of the molecule is CC(C)(C)OC(=O)N1CCC(B2OC(C)(C)C(C)(C)O2)=C(C(=O)O)C1. The zero-order chi connectivity index (χ0) is 19.2. The van der Waals surface area contributed by atoms with Crippen LogP contribution in [-0.2, 0) is 18.8 Å². The van der Waals surface area contributed by atoms with Crippen LogP contribution >= 0.6 is 0 Å². The highest BCUT2D eigenvalue weighted by atomic mass is 16.7. The summed E-state index contributed by atoms with van der Waals surface area (Å²) in [5, 5.41) is 9.61. The van der Waals surface area contributed by atoms with Crippen molar-refractivity contribution < 1.29 is 28.7 Å². The molecule has 1 N–H and O–H groups in total. The molecule has 2 aliphatic rings. The van der Waals surface area contributed by atoms with Crippen molar-refractivity contribution in [3.8, 4) is 0 Å². The monoisotopic (exact) mass is 353 g/mol. The molecule has 7 nitrogen and oxygen atoms in total. The summed E-state index contributed by atoms with van der Waals surface area (Å²) in [4.78, 5) is 25.4. The van der Waals surface area contributed by atoms with E-state index in [0.717, 1.165) is 0 Å². The van der Waals surface area contributed by atoms with Gasteiger partial charge < -0.3 is 24.1 Å². The van der Waals surface area contributed by atoms with Gasteiger partial charge in [-0.1, -0.05) is 0 Å². The molecule has 0 aromatic carbocycles. The highest BCUT2D eigenvalue weighted by Gasteiger charge is 2.53. The zero-order valence-corrected chi connectivity index (χ0v) is 16.1. The lowest BCUT2D eigenvalue weighted by Gasteiger charge is -2.32. The number of nitrogens with zero attached hydrogens (tertiary/aromatic N) is 1. The number of aliphatic carboxylic acids is 1. The first-order valence-corrected chi connectivity index (χ1v) is 8.52. The Morgan fingerprint density at radius 2 is 1.68 bits per heavy atom. The van der Waals surface area contributed by atoms with E-state index in [-0.39, 0.29) is 12.1 Å². The molecule has 0 aromatic rings. The van der Waals surface area contributed by atoms with E-state index in [9.17, 15) is 14.7 Å². The van der Waals surface area contributed by atoms with Crippen molar-refractivity contribution in [3.05, 3.63) is 11.0 Å². The van der Waals surface area contributed by atoms with Crippen LogP contribution in [0.1, 0.15) is 54.9 Å². The van der Waals surface area contributed by atoms with Gasteiger partial charge in [-0.25, -0.2) is 9.59 Å². The number of carboxylic acids is 1. The number of rotatable bonds is 2. The Morgan fingerprint density at radius 3 is 2.12 bits per heavy atom. The van der Waals surface area contributed by atoms with Crippen LogP contribution in [0.25, 0.3) is 0 Å². The number of amides is 1. The summed E-state index contributed by atoms with van der Waals surface area (Å²) in [5.74, 6) is -1.07. The molecule has 0 saturated carbocycles. The standard InChI is InChI=1S/C17H28BNO6/c1-15(2,3)23-14(22)19-9-8-12(11(10-19)13(20)21)18-24-16(4,5)17(6,7)25-18/h8-10H2,1-7H3,(H,20,21). The third kappa shape index (κ3) is 4.18. The van der Waals surface area contributed by atoms with E-state index >= 15 is 0 Å². The molecule has 1 amide bonds. The molecule has 2 heterocycles. The molecule has 0 aliphatic carbocycles. The van der Waals surface area contributed by atoms with E-state index in [1.165, 1.54) is 4.90 Å². The Morgan fingerprint density at radius 1 is 1.16 bits per heavy atom. The Labute approximate surface area is 149 Å². The van der Waals surface area contributed by atoms with Gasteiger partial charge in [-0.2, -0.15) is 0 Å². The van der Waals surface area contributed by atoms with Gasteiger partial charge in [-0.3, -0.25) is 0 Å². The van der Waals surface area contributed by atoms with Crippen molar-refractivity contribution in [2.75, 3.05) is 13.1 Å². The van der Waals surface area contributed by atoms with Crippen LogP contribution in [0.4, 0.5) is 4.79 Å². The van der Waals surface area contributed by atoms with E-state index in [4.69, 9.17) is 14.0 Å². The smallest absolute Gasteiger partial charge is 0.478 e. The minimum absolute atomic E-state index is 0.0241. The lowest BCUT2D eigenvalue weighted by atomic mass is 9.71. The Kier molecular flexibility index (Phi) is 5.00. The van der Waals surface area contributed by atoms with Crippen molar-refractivity contribution in [3.63, 3.8) is 0 Å². The van der Waals surface area contributed by atoms with Crippen LogP contribution in [-0.4, -0.2) is 59.1 Å². The van der Waals surface area contributed by atoms with Gasteiger partial charge in [-0.05, 0) is 60.4 Å². The van der Waals surface area contributed by atoms with Gasteiger partial charge in [0.2, 0.25) is 0 Å². The molecule has 140 valence electrons. The van der Waals surface area contributed by atoms with Crippen LogP contribution in [0, 0.1) is 0 Å². The zero-order valence-electron chi connectivity index (χ0n) is 16.1. The van der Waals surface area contributed by atoms with Crippen molar-refractivity contribution >= 4 is 19.2 Å². The van der Waals surface area contributed by atoms with Crippen molar-refractivity contribution in [1.82, 2.24) is 4.90 Å². The number of carbonyl (C=O) groups excluding carboxylic acids is 1. The molecular weight excluding hydrogens is 325 g/mol. The fraction of sp³-hybridized carbons (Fsp3) is 0.765. The van der Waals surface area contributed by atoms with Crippen molar-refractivity contribution in [2.45, 2.75) is 71.7 Å². The van der Waals surface area contributed by atoms with Crippen LogP contribution in [0.5, 0.6) is 0 Å². The molecule has 1 fully saturated rings. The predicted molar refractivity (Wildman–Crippen MR) is 93.2 cm³/mol. The molecule has 2 aliphatic heterocycles. The fourth-order valence-corrected chi connectivity index (χ4v) is 2.71. The summed E-state index contributed by atoms with van der Waals surface area (Å²) in [5.41, 5.74) is -0.995. The molecule has 0 atom stereocenters. The number of carbonyl (C=O) groups is 2.